The summed E-state index contributed by atoms with van der Waals surface area (Å²) in [5.41, 5.74) is 2.00. The second-order valence-electron chi connectivity index (χ2n) is 7.21. The van der Waals surface area contributed by atoms with E-state index in [1.165, 1.54) is 0 Å². The number of rotatable bonds is 4. The monoisotopic (exact) mass is 365 g/mol. The predicted molar refractivity (Wildman–Crippen MR) is 103 cm³/mol. The first-order chi connectivity index (χ1) is 13.4. The molecule has 8 heteroatoms. The molecule has 140 valence electrons. The fourth-order valence-electron chi connectivity index (χ4n) is 3.98. The van der Waals surface area contributed by atoms with Crippen molar-refractivity contribution < 1.29 is 4.74 Å². The number of H-pyrrole nitrogens is 1. The van der Waals surface area contributed by atoms with Gasteiger partial charge >= 0.3 is 0 Å². The van der Waals surface area contributed by atoms with Crippen LogP contribution in [0, 0.1) is 0 Å². The highest BCUT2D eigenvalue weighted by molar-refractivity contribution is 5.86. The predicted octanol–water partition coefficient (Wildman–Crippen LogP) is 2.33. The Balaban J connectivity index is 1.29. The van der Waals surface area contributed by atoms with E-state index in [9.17, 15) is 0 Å². The Morgan fingerprint density at radius 1 is 1.11 bits per heavy atom. The second kappa shape index (κ2) is 7.11. The van der Waals surface area contributed by atoms with Crippen LogP contribution < -0.4 is 10.2 Å². The van der Waals surface area contributed by atoms with Gasteiger partial charge < -0.3 is 19.9 Å². The molecule has 0 saturated carbocycles. The van der Waals surface area contributed by atoms with Crippen LogP contribution in [0.2, 0.25) is 0 Å². The molecule has 0 aliphatic carbocycles. The molecule has 3 aromatic rings. The molecule has 0 spiro atoms. The number of nitrogens with zero attached hydrogens (tertiary/aromatic N) is 5. The van der Waals surface area contributed by atoms with E-state index in [0.717, 1.165) is 74.1 Å². The summed E-state index contributed by atoms with van der Waals surface area (Å²) in [6.45, 7) is 3.46. The van der Waals surface area contributed by atoms with Crippen LogP contribution in [0.4, 0.5) is 11.8 Å². The van der Waals surface area contributed by atoms with Gasteiger partial charge in [-0.3, -0.25) is 0 Å². The van der Waals surface area contributed by atoms with E-state index < -0.39 is 0 Å². The smallest absolute Gasteiger partial charge is 0.225 e. The minimum absolute atomic E-state index is 0.313. The van der Waals surface area contributed by atoms with Crippen molar-refractivity contribution in [3.8, 4) is 0 Å². The Morgan fingerprint density at radius 3 is 2.96 bits per heavy atom. The summed E-state index contributed by atoms with van der Waals surface area (Å²) in [5.74, 6) is 2.20. The average Bonchev–Trinajstić information content (AvgIpc) is 3.39. The maximum Gasteiger partial charge on any atom is 0.225 e. The Bertz CT molecular complexity index is 921. The first-order valence-corrected chi connectivity index (χ1v) is 9.57. The fraction of sp³-hybridized carbons (Fsp3) is 0.474. The number of aromatic amines is 1. The van der Waals surface area contributed by atoms with E-state index in [4.69, 9.17) is 9.72 Å². The van der Waals surface area contributed by atoms with Gasteiger partial charge in [-0.15, -0.1) is 0 Å². The zero-order valence-corrected chi connectivity index (χ0v) is 15.1. The number of aromatic nitrogens is 5. The van der Waals surface area contributed by atoms with Crippen molar-refractivity contribution in [1.29, 1.82) is 0 Å². The molecule has 0 aromatic carbocycles. The summed E-state index contributed by atoms with van der Waals surface area (Å²) in [5, 5.41) is 4.58. The van der Waals surface area contributed by atoms with Crippen LogP contribution in [0.15, 0.2) is 30.9 Å². The molecule has 8 nitrogen and oxygen atoms in total. The van der Waals surface area contributed by atoms with Crippen LogP contribution in [0.3, 0.4) is 0 Å². The van der Waals surface area contributed by atoms with Gasteiger partial charge in [0.1, 0.15) is 17.8 Å². The fourth-order valence-corrected chi connectivity index (χ4v) is 3.98. The molecule has 0 radical (unpaired) electrons. The lowest BCUT2D eigenvalue weighted by Crippen LogP contribution is -2.28. The third-order valence-electron chi connectivity index (χ3n) is 5.47. The van der Waals surface area contributed by atoms with Gasteiger partial charge in [0.2, 0.25) is 5.95 Å². The SMILES string of the molecule is c1cc(C2CCOCC2)nc(N2CCC(Nc3ncnc4[nH]ccc34)C2)n1. The summed E-state index contributed by atoms with van der Waals surface area (Å²) in [6.07, 6.45) is 8.49. The van der Waals surface area contributed by atoms with Gasteiger partial charge in [0.25, 0.3) is 0 Å². The third kappa shape index (κ3) is 3.32. The van der Waals surface area contributed by atoms with E-state index in [2.05, 4.69) is 36.2 Å². The lowest BCUT2D eigenvalue weighted by atomic mass is 9.96. The molecule has 0 bridgehead atoms. The zero-order valence-electron chi connectivity index (χ0n) is 15.1. The summed E-state index contributed by atoms with van der Waals surface area (Å²) in [6, 6.07) is 4.37. The first kappa shape index (κ1) is 16.4. The molecule has 27 heavy (non-hydrogen) atoms. The number of ether oxygens (including phenoxy) is 1. The van der Waals surface area contributed by atoms with Crippen LogP contribution >= 0.6 is 0 Å². The van der Waals surface area contributed by atoms with Gasteiger partial charge in [-0.25, -0.2) is 19.9 Å². The molecule has 1 unspecified atom stereocenters. The van der Waals surface area contributed by atoms with Crippen molar-refractivity contribution in [2.75, 3.05) is 36.5 Å². The maximum atomic E-state index is 5.47. The minimum Gasteiger partial charge on any atom is -0.381 e. The Kier molecular flexibility index (Phi) is 4.33. The summed E-state index contributed by atoms with van der Waals surface area (Å²) in [4.78, 5) is 23.4. The largest absolute Gasteiger partial charge is 0.381 e. The molecule has 1 atom stereocenters. The van der Waals surface area contributed by atoms with E-state index in [1.807, 2.05) is 18.5 Å². The highest BCUT2D eigenvalue weighted by Gasteiger charge is 2.26. The van der Waals surface area contributed by atoms with Gasteiger partial charge in [-0.05, 0) is 31.4 Å². The first-order valence-electron chi connectivity index (χ1n) is 9.57. The molecule has 0 amide bonds. The molecule has 2 aliphatic rings. The lowest BCUT2D eigenvalue weighted by molar-refractivity contribution is 0.0845. The minimum atomic E-state index is 0.313. The normalized spacial score (nSPS) is 21.0. The van der Waals surface area contributed by atoms with Crippen LogP contribution in [-0.4, -0.2) is 57.3 Å². The summed E-state index contributed by atoms with van der Waals surface area (Å²) in [7, 11) is 0. The van der Waals surface area contributed by atoms with Crippen molar-refractivity contribution in [1.82, 2.24) is 24.9 Å². The van der Waals surface area contributed by atoms with Gasteiger partial charge in [-0.1, -0.05) is 0 Å². The van der Waals surface area contributed by atoms with Gasteiger partial charge in [-0.2, -0.15) is 0 Å². The Morgan fingerprint density at radius 2 is 2.04 bits per heavy atom. The third-order valence-corrected chi connectivity index (χ3v) is 5.47. The second-order valence-corrected chi connectivity index (χ2v) is 7.21. The van der Waals surface area contributed by atoms with Crippen LogP contribution in [0.25, 0.3) is 11.0 Å². The van der Waals surface area contributed by atoms with Crippen LogP contribution in [0.1, 0.15) is 30.9 Å². The van der Waals surface area contributed by atoms with E-state index in [-0.39, 0.29) is 0 Å². The highest BCUT2D eigenvalue weighted by atomic mass is 16.5. The number of hydrogen-bond acceptors (Lipinski definition) is 7. The molecular weight excluding hydrogens is 342 g/mol. The standard InChI is InChI=1S/C19H23N7O/c1-6-20-17-15(1)18(23-12-22-17)24-14-3-8-26(11-14)19-21-7-2-16(25-19)13-4-9-27-10-5-13/h1-2,6-7,12-14H,3-5,8-11H2,(H2,20,22,23,24). The Labute approximate surface area is 157 Å². The molecule has 2 saturated heterocycles. The molecule has 5 heterocycles. The molecular formula is C19H23N7O. The van der Waals surface area contributed by atoms with Crippen molar-refractivity contribution in [2.24, 2.45) is 0 Å². The highest BCUT2D eigenvalue weighted by Crippen LogP contribution is 2.27. The molecule has 5 rings (SSSR count). The molecule has 3 aromatic heterocycles. The van der Waals surface area contributed by atoms with Crippen molar-refractivity contribution in [3.05, 3.63) is 36.5 Å². The van der Waals surface area contributed by atoms with E-state index in [1.54, 1.807) is 6.33 Å². The van der Waals surface area contributed by atoms with E-state index >= 15 is 0 Å². The maximum absolute atomic E-state index is 5.47. The molecule has 2 fully saturated rings. The number of nitrogens with one attached hydrogen (secondary N) is 2. The van der Waals surface area contributed by atoms with Crippen molar-refractivity contribution >= 4 is 22.8 Å². The van der Waals surface area contributed by atoms with Crippen molar-refractivity contribution in [3.63, 3.8) is 0 Å². The van der Waals surface area contributed by atoms with E-state index in [0.29, 0.717) is 12.0 Å². The topological polar surface area (TPSA) is 91.9 Å². The Hall–Kier alpha value is -2.74. The number of fused-ring (bicyclic) bond motifs is 1. The summed E-state index contributed by atoms with van der Waals surface area (Å²) < 4.78 is 5.47. The molecule has 2 aliphatic heterocycles. The average molecular weight is 365 g/mol. The quantitative estimate of drug-likeness (QED) is 0.733. The molecule has 2 N–H and O–H groups in total. The van der Waals surface area contributed by atoms with Crippen LogP contribution in [0.5, 0.6) is 0 Å². The number of hydrogen-bond donors (Lipinski definition) is 2. The van der Waals surface area contributed by atoms with Crippen LogP contribution in [-0.2, 0) is 4.74 Å². The van der Waals surface area contributed by atoms with Gasteiger partial charge in [0.05, 0.1) is 5.39 Å². The zero-order chi connectivity index (χ0) is 18.1. The van der Waals surface area contributed by atoms with Gasteiger partial charge in [0, 0.05) is 56.4 Å². The number of anilines is 2. The lowest BCUT2D eigenvalue weighted by Gasteiger charge is -2.23. The van der Waals surface area contributed by atoms with Crippen molar-refractivity contribution in [2.45, 2.75) is 31.2 Å². The van der Waals surface area contributed by atoms with Gasteiger partial charge in [0.15, 0.2) is 0 Å². The summed E-state index contributed by atoms with van der Waals surface area (Å²) >= 11 is 0.